The normalized spacial score (nSPS) is 11.9. The van der Waals surface area contributed by atoms with Crippen molar-refractivity contribution in [1.82, 2.24) is 5.43 Å². The van der Waals surface area contributed by atoms with Gasteiger partial charge in [-0.05, 0) is 35.2 Å². The van der Waals surface area contributed by atoms with Gasteiger partial charge in [-0.2, -0.15) is 0 Å². The minimum absolute atomic E-state index is 0. The Morgan fingerprint density at radius 3 is 2.32 bits per heavy atom. The highest BCUT2D eigenvalue weighted by Crippen LogP contribution is 2.32. The fourth-order valence-corrected chi connectivity index (χ4v) is 2.66. The Hall–Kier alpha value is -2.21. The Kier molecular flexibility index (Phi) is 4.20. The summed E-state index contributed by atoms with van der Waals surface area (Å²) < 4.78 is 0. The predicted molar refractivity (Wildman–Crippen MR) is 104 cm³/mol. The van der Waals surface area contributed by atoms with Crippen molar-refractivity contribution < 1.29 is 0 Å². The van der Waals surface area contributed by atoms with Crippen molar-refractivity contribution in [2.75, 3.05) is 10.7 Å². The zero-order valence-corrected chi connectivity index (χ0v) is 14.2. The number of benzene rings is 3. The summed E-state index contributed by atoms with van der Waals surface area (Å²) in [5.41, 5.74) is 9.79. The second-order valence-electron chi connectivity index (χ2n) is 5.05. The lowest BCUT2D eigenvalue weighted by Gasteiger charge is -2.21. The molecule has 22 heavy (non-hydrogen) atoms. The zero-order chi connectivity index (χ0) is 14.1. The van der Waals surface area contributed by atoms with E-state index in [9.17, 15) is 0 Å². The molecule has 0 amide bonds. The topological polar surface area (TPSA) is 36.1 Å². The van der Waals surface area contributed by atoms with Gasteiger partial charge >= 0.3 is 0 Å². The number of nitrogens with one attached hydrogen (secondary N) is 3. The molecule has 0 saturated carbocycles. The Bertz CT molecular complexity index is 823. The summed E-state index contributed by atoms with van der Waals surface area (Å²) in [7, 11) is 0. The Morgan fingerprint density at radius 1 is 0.727 bits per heavy atom. The molecule has 0 atom stereocenters. The van der Waals surface area contributed by atoms with Gasteiger partial charge in [0.15, 0.2) is 0 Å². The van der Waals surface area contributed by atoms with Gasteiger partial charge < -0.3 is 5.32 Å². The SMILES string of the molecule is C1=C(NNc2ccccc2)Nc2cccc3cccc1c23.I. The second-order valence-corrected chi connectivity index (χ2v) is 5.05. The monoisotopic (exact) mass is 401 g/mol. The van der Waals surface area contributed by atoms with Crippen molar-refractivity contribution in [3.8, 4) is 0 Å². The molecule has 1 aliphatic rings. The van der Waals surface area contributed by atoms with Crippen molar-refractivity contribution in [1.29, 1.82) is 0 Å². The molecule has 0 aromatic heterocycles. The molecule has 1 aliphatic heterocycles. The Balaban J connectivity index is 0.00000144. The maximum atomic E-state index is 3.42. The minimum Gasteiger partial charge on any atom is -0.340 e. The van der Waals surface area contributed by atoms with Gasteiger partial charge in [-0.1, -0.05) is 48.5 Å². The van der Waals surface area contributed by atoms with Crippen LogP contribution in [0.1, 0.15) is 5.56 Å². The van der Waals surface area contributed by atoms with Gasteiger partial charge in [0.25, 0.3) is 0 Å². The van der Waals surface area contributed by atoms with Gasteiger partial charge in [0.2, 0.25) is 0 Å². The largest absolute Gasteiger partial charge is 0.340 e. The van der Waals surface area contributed by atoms with Gasteiger partial charge in [0, 0.05) is 11.1 Å². The number of para-hydroxylation sites is 1. The zero-order valence-electron chi connectivity index (χ0n) is 11.8. The van der Waals surface area contributed by atoms with Crippen molar-refractivity contribution >= 4 is 52.2 Å². The number of hydrogen-bond acceptors (Lipinski definition) is 3. The van der Waals surface area contributed by atoms with Crippen molar-refractivity contribution in [2.24, 2.45) is 0 Å². The quantitative estimate of drug-likeness (QED) is 0.436. The molecule has 0 aliphatic carbocycles. The average Bonchev–Trinajstić information content (AvgIpc) is 2.54. The molecule has 0 spiro atoms. The molecular formula is C18H16IN3. The third-order valence-corrected chi connectivity index (χ3v) is 3.62. The summed E-state index contributed by atoms with van der Waals surface area (Å²) in [5, 5.41) is 5.94. The number of hydrazine groups is 1. The van der Waals surface area contributed by atoms with Crippen molar-refractivity contribution in [3.05, 3.63) is 78.1 Å². The number of rotatable bonds is 3. The van der Waals surface area contributed by atoms with Gasteiger partial charge in [0.05, 0.1) is 5.69 Å². The molecule has 3 N–H and O–H groups in total. The lowest BCUT2D eigenvalue weighted by atomic mass is 10.0. The molecule has 1 heterocycles. The lowest BCUT2D eigenvalue weighted by Crippen LogP contribution is -2.26. The van der Waals surface area contributed by atoms with Crippen LogP contribution in [0.25, 0.3) is 16.8 Å². The first-order chi connectivity index (χ1) is 10.4. The third-order valence-electron chi connectivity index (χ3n) is 3.62. The predicted octanol–water partition coefficient (Wildman–Crippen LogP) is 4.80. The summed E-state index contributed by atoms with van der Waals surface area (Å²) in [6.45, 7) is 0. The molecule has 0 radical (unpaired) electrons. The number of hydrogen-bond donors (Lipinski definition) is 3. The molecule has 0 unspecified atom stereocenters. The van der Waals surface area contributed by atoms with E-state index in [1.165, 1.54) is 16.3 Å². The molecule has 110 valence electrons. The third kappa shape index (κ3) is 2.74. The minimum atomic E-state index is 0. The maximum absolute atomic E-state index is 3.42. The first-order valence-corrected chi connectivity index (χ1v) is 6.98. The van der Waals surface area contributed by atoms with E-state index in [-0.39, 0.29) is 24.0 Å². The van der Waals surface area contributed by atoms with Crippen LogP contribution in [-0.2, 0) is 0 Å². The van der Waals surface area contributed by atoms with Crippen molar-refractivity contribution in [3.63, 3.8) is 0 Å². The van der Waals surface area contributed by atoms with Crippen LogP contribution in [0.4, 0.5) is 11.4 Å². The summed E-state index contributed by atoms with van der Waals surface area (Å²) >= 11 is 0. The molecule has 3 nitrogen and oxygen atoms in total. The molecule has 3 aromatic carbocycles. The molecule has 0 saturated heterocycles. The average molecular weight is 401 g/mol. The van der Waals surface area contributed by atoms with E-state index in [0.29, 0.717) is 0 Å². The summed E-state index contributed by atoms with van der Waals surface area (Å²) in [6, 6.07) is 22.7. The maximum Gasteiger partial charge on any atom is 0.123 e. The van der Waals surface area contributed by atoms with E-state index in [1.54, 1.807) is 0 Å². The molecular weight excluding hydrogens is 385 g/mol. The highest BCUT2D eigenvalue weighted by molar-refractivity contribution is 14.0. The summed E-state index contributed by atoms with van der Waals surface area (Å²) in [4.78, 5) is 0. The molecule has 0 fully saturated rings. The van der Waals surface area contributed by atoms with Crippen LogP contribution >= 0.6 is 24.0 Å². The van der Waals surface area contributed by atoms with Crippen LogP contribution in [0.15, 0.2) is 72.6 Å². The summed E-state index contributed by atoms with van der Waals surface area (Å²) in [6.07, 6.45) is 2.12. The number of halogens is 1. The van der Waals surface area contributed by atoms with E-state index in [4.69, 9.17) is 0 Å². The van der Waals surface area contributed by atoms with Crippen molar-refractivity contribution in [2.45, 2.75) is 0 Å². The first kappa shape index (κ1) is 14.7. The van der Waals surface area contributed by atoms with Gasteiger partial charge in [-0.15, -0.1) is 24.0 Å². The highest BCUT2D eigenvalue weighted by Gasteiger charge is 2.11. The fourth-order valence-electron chi connectivity index (χ4n) is 2.66. The Morgan fingerprint density at radius 2 is 1.50 bits per heavy atom. The van der Waals surface area contributed by atoms with Gasteiger partial charge in [0.1, 0.15) is 5.82 Å². The highest BCUT2D eigenvalue weighted by atomic mass is 127. The van der Waals surface area contributed by atoms with E-state index in [0.717, 1.165) is 17.2 Å². The van der Waals surface area contributed by atoms with Gasteiger partial charge in [-0.25, -0.2) is 0 Å². The fraction of sp³-hybridized carbons (Fsp3) is 0. The molecule has 3 aromatic rings. The van der Waals surface area contributed by atoms with E-state index in [2.05, 4.69) is 58.6 Å². The Labute approximate surface area is 146 Å². The van der Waals surface area contributed by atoms with Crippen LogP contribution in [0.5, 0.6) is 0 Å². The van der Waals surface area contributed by atoms with E-state index < -0.39 is 0 Å². The lowest BCUT2D eigenvalue weighted by molar-refractivity contribution is 0.976. The first-order valence-electron chi connectivity index (χ1n) is 6.98. The smallest absolute Gasteiger partial charge is 0.123 e. The van der Waals surface area contributed by atoms with Crippen LogP contribution in [0.2, 0.25) is 0 Å². The second kappa shape index (κ2) is 6.27. The van der Waals surface area contributed by atoms with Crippen LogP contribution < -0.4 is 16.2 Å². The molecule has 4 heteroatoms. The standard InChI is InChI=1S/C18H15N3.HI/c1-2-9-15(10-3-1)20-21-17-12-14-8-4-6-13-7-5-11-16(19-17)18(13)14;/h1-12,19-21H;1H. The van der Waals surface area contributed by atoms with E-state index in [1.807, 2.05) is 30.3 Å². The van der Waals surface area contributed by atoms with Gasteiger partial charge in [-0.3, -0.25) is 10.9 Å². The van der Waals surface area contributed by atoms with Crippen LogP contribution in [-0.4, -0.2) is 0 Å². The van der Waals surface area contributed by atoms with E-state index >= 15 is 0 Å². The molecule has 4 rings (SSSR count). The summed E-state index contributed by atoms with van der Waals surface area (Å²) in [5.74, 6) is 0.935. The molecule has 0 bridgehead atoms. The van der Waals surface area contributed by atoms with Crippen LogP contribution in [0.3, 0.4) is 0 Å². The number of anilines is 2. The van der Waals surface area contributed by atoms with Crippen LogP contribution in [0, 0.1) is 0 Å².